The highest BCUT2D eigenvalue weighted by atomic mass is 16.5. The van der Waals surface area contributed by atoms with Crippen molar-refractivity contribution < 1.29 is 4.74 Å². The molecular weight excluding hydrogens is 150 g/mol. The maximum Gasteiger partial charge on any atom is 0.0645 e. The van der Waals surface area contributed by atoms with E-state index in [4.69, 9.17) is 4.74 Å². The zero-order chi connectivity index (χ0) is 8.55. The van der Waals surface area contributed by atoms with Crippen LogP contribution in [0.5, 0.6) is 0 Å². The van der Waals surface area contributed by atoms with Gasteiger partial charge >= 0.3 is 0 Å². The summed E-state index contributed by atoms with van der Waals surface area (Å²) in [5, 5.41) is 0. The monoisotopic (exact) mass is 169 g/mol. The van der Waals surface area contributed by atoms with Crippen molar-refractivity contribution in [3.63, 3.8) is 0 Å². The Kier molecular flexibility index (Phi) is 2.37. The lowest BCUT2D eigenvalue weighted by molar-refractivity contribution is -0.0925. The molecule has 0 unspecified atom stereocenters. The summed E-state index contributed by atoms with van der Waals surface area (Å²) in [5.74, 6) is 0.874. The van der Waals surface area contributed by atoms with Crippen molar-refractivity contribution in [2.45, 2.75) is 38.8 Å². The molecule has 2 aliphatic heterocycles. The van der Waals surface area contributed by atoms with Gasteiger partial charge in [-0.1, -0.05) is 6.92 Å². The van der Waals surface area contributed by atoms with Crippen LogP contribution in [-0.4, -0.2) is 36.7 Å². The quantitative estimate of drug-likeness (QED) is 0.590. The minimum absolute atomic E-state index is 0.739. The van der Waals surface area contributed by atoms with E-state index < -0.39 is 0 Å². The van der Waals surface area contributed by atoms with Crippen molar-refractivity contribution in [3.05, 3.63) is 0 Å². The molecule has 2 nitrogen and oxygen atoms in total. The topological polar surface area (TPSA) is 12.5 Å². The molecule has 2 heteroatoms. The van der Waals surface area contributed by atoms with Crippen molar-refractivity contribution in [2.24, 2.45) is 5.92 Å². The van der Waals surface area contributed by atoms with E-state index >= 15 is 0 Å². The van der Waals surface area contributed by atoms with Gasteiger partial charge in [0.1, 0.15) is 0 Å². The number of hydrogen-bond donors (Lipinski definition) is 0. The molecule has 2 fully saturated rings. The predicted octanol–water partition coefficient (Wildman–Crippen LogP) is 1.51. The fraction of sp³-hybridized carbons (Fsp3) is 1.00. The van der Waals surface area contributed by atoms with E-state index in [2.05, 4.69) is 18.7 Å². The third-order valence-corrected chi connectivity index (χ3v) is 3.51. The summed E-state index contributed by atoms with van der Waals surface area (Å²) in [7, 11) is 0. The summed E-state index contributed by atoms with van der Waals surface area (Å²) >= 11 is 0. The first-order chi connectivity index (χ1) is 5.79. The maximum absolute atomic E-state index is 5.23. The van der Waals surface area contributed by atoms with E-state index in [0.717, 1.165) is 31.2 Å². The molecule has 0 aromatic carbocycles. The molecule has 0 amide bonds. The molecular formula is C10H19NO. The molecule has 0 aliphatic carbocycles. The van der Waals surface area contributed by atoms with Crippen molar-refractivity contribution in [1.82, 2.24) is 4.90 Å². The predicted molar refractivity (Wildman–Crippen MR) is 49.2 cm³/mol. The number of rotatable bonds is 1. The zero-order valence-corrected chi connectivity index (χ0v) is 8.12. The number of piperidine rings is 1. The lowest BCUT2D eigenvalue weighted by atomic mass is 9.90. The minimum Gasteiger partial charge on any atom is -0.378 e. The molecule has 0 saturated carbocycles. The number of nitrogens with zero attached hydrogens (tertiary/aromatic N) is 1. The molecule has 70 valence electrons. The van der Waals surface area contributed by atoms with Crippen LogP contribution in [0.1, 0.15) is 26.7 Å². The molecule has 0 bridgehead atoms. The molecule has 0 aromatic heterocycles. The van der Waals surface area contributed by atoms with Crippen LogP contribution >= 0.6 is 0 Å². The molecule has 2 saturated heterocycles. The van der Waals surface area contributed by atoms with E-state index in [1.54, 1.807) is 0 Å². The van der Waals surface area contributed by atoms with Crippen molar-refractivity contribution in [2.75, 3.05) is 19.8 Å². The average Bonchev–Trinajstić information content (AvgIpc) is 1.95. The zero-order valence-electron chi connectivity index (χ0n) is 8.12. The van der Waals surface area contributed by atoms with Crippen LogP contribution in [-0.2, 0) is 4.74 Å². The van der Waals surface area contributed by atoms with E-state index in [-0.39, 0.29) is 0 Å². The van der Waals surface area contributed by atoms with Gasteiger partial charge in [-0.05, 0) is 32.2 Å². The van der Waals surface area contributed by atoms with Crippen LogP contribution in [0.25, 0.3) is 0 Å². The summed E-state index contributed by atoms with van der Waals surface area (Å²) in [6.07, 6.45) is 2.78. The molecule has 0 radical (unpaired) electrons. The summed E-state index contributed by atoms with van der Waals surface area (Å²) in [5.41, 5.74) is 0. The maximum atomic E-state index is 5.23. The summed E-state index contributed by atoms with van der Waals surface area (Å²) in [4.78, 5) is 2.64. The van der Waals surface area contributed by atoms with Gasteiger partial charge in [0, 0.05) is 6.04 Å². The van der Waals surface area contributed by atoms with Gasteiger partial charge in [0.2, 0.25) is 0 Å². The van der Waals surface area contributed by atoms with Gasteiger partial charge in [0.05, 0.1) is 19.3 Å². The normalized spacial score (nSPS) is 39.5. The first-order valence-electron chi connectivity index (χ1n) is 5.12. The number of likely N-dealkylation sites (tertiary alicyclic amines) is 1. The third kappa shape index (κ3) is 1.38. The highest BCUT2D eigenvalue weighted by Gasteiger charge is 2.33. The first-order valence-corrected chi connectivity index (χ1v) is 5.12. The Hall–Kier alpha value is -0.0800. The third-order valence-electron chi connectivity index (χ3n) is 3.51. The van der Waals surface area contributed by atoms with Crippen molar-refractivity contribution in [3.8, 4) is 0 Å². The van der Waals surface area contributed by atoms with Gasteiger partial charge in [0.15, 0.2) is 0 Å². The number of hydrogen-bond acceptors (Lipinski definition) is 2. The Balaban J connectivity index is 1.93. The van der Waals surface area contributed by atoms with E-state index in [1.807, 2.05) is 0 Å². The highest BCUT2D eigenvalue weighted by molar-refractivity contribution is 4.86. The fourth-order valence-corrected chi connectivity index (χ4v) is 2.30. The lowest BCUT2D eigenvalue weighted by Crippen LogP contribution is -2.56. The molecule has 0 N–H and O–H groups in total. The summed E-state index contributed by atoms with van der Waals surface area (Å²) in [6, 6.07) is 1.51. The van der Waals surface area contributed by atoms with Gasteiger partial charge in [-0.3, -0.25) is 4.90 Å². The number of ether oxygens (including phenoxy) is 1. The van der Waals surface area contributed by atoms with Gasteiger partial charge in [-0.2, -0.15) is 0 Å². The van der Waals surface area contributed by atoms with Crippen LogP contribution in [0.2, 0.25) is 0 Å². The molecule has 12 heavy (non-hydrogen) atoms. The van der Waals surface area contributed by atoms with E-state index in [9.17, 15) is 0 Å². The van der Waals surface area contributed by atoms with Crippen LogP contribution in [0.15, 0.2) is 0 Å². The summed E-state index contributed by atoms with van der Waals surface area (Å²) < 4.78 is 5.23. The van der Waals surface area contributed by atoms with Gasteiger partial charge < -0.3 is 4.74 Å². The average molecular weight is 169 g/mol. The Morgan fingerprint density at radius 1 is 1.25 bits per heavy atom. The molecule has 2 atom stereocenters. The second-order valence-electron chi connectivity index (χ2n) is 4.29. The highest BCUT2D eigenvalue weighted by Crippen LogP contribution is 2.26. The molecule has 2 heterocycles. The minimum atomic E-state index is 0.739. The largest absolute Gasteiger partial charge is 0.378 e. The van der Waals surface area contributed by atoms with Crippen LogP contribution in [0.3, 0.4) is 0 Å². The lowest BCUT2D eigenvalue weighted by Gasteiger charge is -2.46. The van der Waals surface area contributed by atoms with Gasteiger partial charge in [-0.25, -0.2) is 0 Å². The summed E-state index contributed by atoms with van der Waals surface area (Å²) in [6.45, 7) is 7.96. The van der Waals surface area contributed by atoms with Crippen molar-refractivity contribution in [1.29, 1.82) is 0 Å². The van der Waals surface area contributed by atoms with Crippen LogP contribution < -0.4 is 0 Å². The van der Waals surface area contributed by atoms with Crippen molar-refractivity contribution >= 4 is 0 Å². The smallest absolute Gasteiger partial charge is 0.0645 e. The Morgan fingerprint density at radius 2 is 2.00 bits per heavy atom. The molecule has 2 aliphatic rings. The van der Waals surface area contributed by atoms with Crippen LogP contribution in [0.4, 0.5) is 0 Å². The molecule has 2 rings (SSSR count). The Morgan fingerprint density at radius 3 is 2.58 bits per heavy atom. The van der Waals surface area contributed by atoms with Gasteiger partial charge in [-0.15, -0.1) is 0 Å². The molecule has 0 aromatic rings. The Labute approximate surface area is 74.9 Å². The first kappa shape index (κ1) is 8.52. The van der Waals surface area contributed by atoms with Crippen LogP contribution in [0, 0.1) is 5.92 Å². The second kappa shape index (κ2) is 3.35. The SMILES string of the molecule is C[C@@H]1CCCN(C2COC2)[C@H]1C. The molecule has 0 spiro atoms. The van der Waals surface area contributed by atoms with E-state index in [0.29, 0.717) is 0 Å². The second-order valence-corrected chi connectivity index (χ2v) is 4.29. The fourth-order valence-electron chi connectivity index (χ4n) is 2.30. The van der Waals surface area contributed by atoms with Gasteiger partial charge in [0.25, 0.3) is 0 Å². The van der Waals surface area contributed by atoms with E-state index in [1.165, 1.54) is 19.4 Å². The Bertz CT molecular complexity index is 156. The standard InChI is InChI=1S/C10H19NO/c1-8-4-3-5-11(9(8)2)10-6-12-7-10/h8-10H,3-7H2,1-2H3/t8-,9+/m1/s1.